The number of hydrogen-bond acceptors (Lipinski definition) is 3. The van der Waals surface area contributed by atoms with E-state index in [0.29, 0.717) is 12.4 Å². The van der Waals surface area contributed by atoms with Gasteiger partial charge >= 0.3 is 12.0 Å². The van der Waals surface area contributed by atoms with E-state index >= 15 is 0 Å². The molecule has 0 radical (unpaired) electrons. The number of fused-ring (bicyclic) bond motifs is 1. The summed E-state index contributed by atoms with van der Waals surface area (Å²) in [6.45, 7) is 0.308. The third-order valence-electron chi connectivity index (χ3n) is 2.95. The van der Waals surface area contributed by atoms with Crippen LogP contribution in [0.2, 0.25) is 0 Å². The predicted octanol–water partition coefficient (Wildman–Crippen LogP) is 3.19. The first kappa shape index (κ1) is 13.4. The topological polar surface area (TPSA) is 47.6 Å². The lowest BCUT2D eigenvalue weighted by atomic mass is 10.2. The Bertz CT molecular complexity index is 674. The molecule has 0 saturated heterocycles. The highest BCUT2D eigenvalue weighted by molar-refractivity contribution is 5.98. The van der Waals surface area contributed by atoms with Crippen molar-refractivity contribution in [1.82, 2.24) is 0 Å². The van der Waals surface area contributed by atoms with Crippen molar-refractivity contribution < 1.29 is 23.0 Å². The van der Waals surface area contributed by atoms with Crippen LogP contribution in [0.25, 0.3) is 0 Å². The standard InChI is InChI=1S/C15H11F2NO3/c16-15(17)14(19)18-12-7-6-11(8-13(12)21-15)20-9-10-4-2-1-3-5-10/h1-8H,9H2,(H,18,19). The van der Waals surface area contributed by atoms with Crippen LogP contribution in [-0.4, -0.2) is 12.0 Å². The van der Waals surface area contributed by atoms with Crippen LogP contribution in [0.4, 0.5) is 14.5 Å². The van der Waals surface area contributed by atoms with Gasteiger partial charge in [0.2, 0.25) is 0 Å². The molecule has 6 heteroatoms. The molecule has 1 aliphatic heterocycles. The molecule has 0 spiro atoms. The fourth-order valence-corrected chi connectivity index (χ4v) is 1.90. The zero-order chi connectivity index (χ0) is 14.9. The van der Waals surface area contributed by atoms with Gasteiger partial charge in [-0.15, -0.1) is 0 Å². The number of amides is 1. The molecule has 0 unspecified atom stereocenters. The van der Waals surface area contributed by atoms with Crippen LogP contribution < -0.4 is 14.8 Å². The molecule has 2 aromatic rings. The Balaban J connectivity index is 1.76. The molecule has 2 aromatic carbocycles. The minimum absolute atomic E-state index is 0.120. The number of anilines is 1. The molecule has 0 fully saturated rings. The largest absolute Gasteiger partial charge is 0.489 e. The van der Waals surface area contributed by atoms with E-state index in [2.05, 4.69) is 10.1 Å². The van der Waals surface area contributed by atoms with E-state index in [1.165, 1.54) is 12.1 Å². The Kier molecular flexibility index (Phi) is 3.21. The quantitative estimate of drug-likeness (QED) is 0.944. The van der Waals surface area contributed by atoms with Crippen molar-refractivity contribution in [3.05, 3.63) is 54.1 Å². The summed E-state index contributed by atoms with van der Waals surface area (Å²) in [6, 6.07) is 13.8. The molecule has 0 bridgehead atoms. The number of carbonyl (C=O) groups is 1. The highest BCUT2D eigenvalue weighted by atomic mass is 19.3. The summed E-state index contributed by atoms with van der Waals surface area (Å²) < 4.78 is 36.3. The number of rotatable bonds is 3. The number of ether oxygens (including phenoxy) is 2. The first-order valence-electron chi connectivity index (χ1n) is 6.24. The summed E-state index contributed by atoms with van der Waals surface area (Å²) in [4.78, 5) is 11.1. The average Bonchev–Trinajstić information content (AvgIpc) is 2.47. The Labute approximate surface area is 119 Å². The molecule has 108 valence electrons. The Morgan fingerprint density at radius 1 is 1.14 bits per heavy atom. The van der Waals surface area contributed by atoms with Crippen LogP contribution >= 0.6 is 0 Å². The van der Waals surface area contributed by atoms with Crippen LogP contribution in [0.1, 0.15) is 5.56 Å². The zero-order valence-electron chi connectivity index (χ0n) is 10.8. The second kappa shape index (κ2) is 5.05. The molecule has 1 aliphatic rings. The second-order valence-corrected chi connectivity index (χ2v) is 4.51. The smallest absolute Gasteiger partial charge is 0.482 e. The van der Waals surface area contributed by atoms with Gasteiger partial charge in [0.1, 0.15) is 12.4 Å². The molecular weight excluding hydrogens is 280 g/mol. The Hall–Kier alpha value is -2.63. The summed E-state index contributed by atoms with van der Waals surface area (Å²) >= 11 is 0. The van der Waals surface area contributed by atoms with Crippen molar-refractivity contribution in [2.75, 3.05) is 5.32 Å². The SMILES string of the molecule is O=C1Nc2ccc(OCc3ccccc3)cc2OC1(F)F. The number of carbonyl (C=O) groups excluding carboxylic acids is 1. The summed E-state index contributed by atoms with van der Waals surface area (Å²) in [5.41, 5.74) is 1.15. The van der Waals surface area contributed by atoms with Gasteiger partial charge < -0.3 is 14.8 Å². The maximum atomic E-state index is 13.2. The summed E-state index contributed by atoms with van der Waals surface area (Å²) in [6.07, 6.45) is -3.87. The maximum Gasteiger partial charge on any atom is 0.482 e. The van der Waals surface area contributed by atoms with Crippen LogP contribution in [0, 0.1) is 0 Å². The number of halogens is 2. The van der Waals surface area contributed by atoms with E-state index in [4.69, 9.17) is 4.74 Å². The number of alkyl halides is 2. The summed E-state index contributed by atoms with van der Waals surface area (Å²) in [5.74, 6) is -1.22. The van der Waals surface area contributed by atoms with Gasteiger partial charge in [-0.2, -0.15) is 8.78 Å². The lowest BCUT2D eigenvalue weighted by Crippen LogP contribution is -2.43. The Morgan fingerprint density at radius 2 is 1.90 bits per heavy atom. The third-order valence-corrected chi connectivity index (χ3v) is 2.95. The van der Waals surface area contributed by atoms with E-state index in [-0.39, 0.29) is 11.4 Å². The first-order chi connectivity index (χ1) is 10.0. The number of nitrogens with one attached hydrogen (secondary N) is 1. The molecule has 3 rings (SSSR count). The minimum Gasteiger partial charge on any atom is -0.489 e. The second-order valence-electron chi connectivity index (χ2n) is 4.51. The lowest BCUT2D eigenvalue weighted by Gasteiger charge is -2.24. The average molecular weight is 291 g/mol. The van der Waals surface area contributed by atoms with E-state index in [9.17, 15) is 13.6 Å². The minimum atomic E-state index is -3.87. The molecule has 0 aliphatic carbocycles. The fourth-order valence-electron chi connectivity index (χ4n) is 1.90. The third kappa shape index (κ3) is 2.79. The highest BCUT2D eigenvalue weighted by Gasteiger charge is 2.46. The molecule has 0 aromatic heterocycles. The van der Waals surface area contributed by atoms with Crippen molar-refractivity contribution in [3.8, 4) is 11.5 Å². The molecule has 21 heavy (non-hydrogen) atoms. The van der Waals surface area contributed by atoms with E-state index in [0.717, 1.165) is 5.56 Å². The van der Waals surface area contributed by atoms with Crippen LogP contribution in [-0.2, 0) is 11.4 Å². The van der Waals surface area contributed by atoms with Gasteiger partial charge in [0.15, 0.2) is 5.75 Å². The highest BCUT2D eigenvalue weighted by Crippen LogP contribution is 2.37. The molecule has 1 amide bonds. The zero-order valence-corrected chi connectivity index (χ0v) is 10.8. The number of hydrogen-bond donors (Lipinski definition) is 1. The van der Waals surface area contributed by atoms with Gasteiger partial charge in [-0.25, -0.2) is 0 Å². The van der Waals surface area contributed by atoms with Crippen LogP contribution in [0.3, 0.4) is 0 Å². The Morgan fingerprint density at radius 3 is 2.67 bits per heavy atom. The van der Waals surface area contributed by atoms with Crippen molar-refractivity contribution in [3.63, 3.8) is 0 Å². The molecule has 0 atom stereocenters. The molecule has 4 nitrogen and oxygen atoms in total. The monoisotopic (exact) mass is 291 g/mol. The van der Waals surface area contributed by atoms with Crippen LogP contribution in [0.15, 0.2) is 48.5 Å². The molecule has 0 saturated carbocycles. The summed E-state index contributed by atoms with van der Waals surface area (Å²) in [7, 11) is 0. The number of benzene rings is 2. The van der Waals surface area contributed by atoms with Crippen molar-refractivity contribution in [1.29, 1.82) is 0 Å². The normalized spacial score (nSPS) is 15.6. The van der Waals surface area contributed by atoms with Crippen molar-refractivity contribution in [2.45, 2.75) is 12.7 Å². The predicted molar refractivity (Wildman–Crippen MR) is 71.4 cm³/mol. The van der Waals surface area contributed by atoms with Gasteiger partial charge in [-0.05, 0) is 17.7 Å². The fraction of sp³-hybridized carbons (Fsp3) is 0.133. The van der Waals surface area contributed by atoms with E-state index < -0.39 is 12.0 Å². The first-order valence-corrected chi connectivity index (χ1v) is 6.24. The van der Waals surface area contributed by atoms with Gasteiger partial charge in [-0.3, -0.25) is 4.79 Å². The van der Waals surface area contributed by atoms with Gasteiger partial charge in [-0.1, -0.05) is 30.3 Å². The van der Waals surface area contributed by atoms with E-state index in [1.807, 2.05) is 30.3 Å². The lowest BCUT2D eigenvalue weighted by molar-refractivity contribution is -0.189. The van der Waals surface area contributed by atoms with Crippen LogP contribution in [0.5, 0.6) is 11.5 Å². The van der Waals surface area contributed by atoms with Gasteiger partial charge in [0.25, 0.3) is 0 Å². The van der Waals surface area contributed by atoms with Gasteiger partial charge in [0, 0.05) is 6.07 Å². The molecule has 1 heterocycles. The van der Waals surface area contributed by atoms with Crippen molar-refractivity contribution in [2.24, 2.45) is 0 Å². The molecule has 1 N–H and O–H groups in total. The summed E-state index contributed by atoms with van der Waals surface area (Å²) in [5, 5.41) is 2.08. The molecular formula is C15H11F2NO3. The van der Waals surface area contributed by atoms with E-state index in [1.54, 1.807) is 6.07 Å². The van der Waals surface area contributed by atoms with Gasteiger partial charge in [0.05, 0.1) is 5.69 Å². The van der Waals surface area contributed by atoms with Crippen molar-refractivity contribution >= 4 is 11.6 Å². The maximum absolute atomic E-state index is 13.2.